The highest BCUT2D eigenvalue weighted by Gasteiger charge is 2.30. The second kappa shape index (κ2) is 8.29. The molecule has 10 N–H and O–H groups in total. The largest absolute Gasteiger partial charge is 0.497 e. The summed E-state index contributed by atoms with van der Waals surface area (Å²) in [5.74, 6) is -2.49. The Bertz CT molecular complexity index is 841. The van der Waals surface area contributed by atoms with Gasteiger partial charge in [-0.1, -0.05) is 0 Å². The molecule has 2 rings (SSSR count). The Kier molecular flexibility index (Phi) is 6.98. The van der Waals surface area contributed by atoms with Gasteiger partial charge in [-0.25, -0.2) is 0 Å². The molecule has 2 aromatic carbocycles. The first-order valence-electron chi connectivity index (χ1n) is 6.36. The lowest BCUT2D eigenvalue weighted by molar-refractivity contribution is -0.396. The lowest BCUT2D eigenvalue weighted by Crippen LogP contribution is -1.98. The second-order valence-corrected chi connectivity index (χ2v) is 4.75. The highest BCUT2D eigenvalue weighted by Crippen LogP contribution is 2.44. The van der Waals surface area contributed by atoms with E-state index >= 15 is 0 Å². The third-order valence-corrected chi connectivity index (χ3v) is 3.26. The zero-order valence-corrected chi connectivity index (χ0v) is 14.3. The highest BCUT2D eigenvalue weighted by molar-refractivity contribution is 5.79. The molecule has 0 fully saturated rings. The summed E-state index contributed by atoms with van der Waals surface area (Å²) in [6, 6.07) is 2.62. The van der Waals surface area contributed by atoms with E-state index in [9.17, 15) is 50.7 Å². The molecule has 28 heavy (non-hydrogen) atoms. The fourth-order valence-corrected chi connectivity index (χ4v) is 2.10. The third-order valence-electron chi connectivity index (χ3n) is 3.26. The zero-order chi connectivity index (χ0) is 19.8. The predicted molar refractivity (Wildman–Crippen MR) is 93.8 cm³/mol. The number of hydrogen-bond acceptors (Lipinski definition) is 10. The molecule has 0 aliphatic rings. The number of benzene rings is 2. The topological polar surface area (TPSA) is 286 Å². The van der Waals surface area contributed by atoms with Gasteiger partial charge in [0.05, 0.1) is 19.7 Å². The summed E-state index contributed by atoms with van der Waals surface area (Å²) in [4.78, 5) is 39.3. The van der Waals surface area contributed by atoms with Crippen molar-refractivity contribution >= 4 is 22.7 Å². The van der Waals surface area contributed by atoms with Gasteiger partial charge in [-0.15, -0.1) is 0 Å². The number of nitro benzene ring substituents is 4. The van der Waals surface area contributed by atoms with E-state index < -0.39 is 53.9 Å². The molecular formula is C12H14N6O10+2. The average molecular weight is 402 g/mol. The van der Waals surface area contributed by atoms with Crippen LogP contribution >= 0.6 is 0 Å². The van der Waals surface area contributed by atoms with Gasteiger partial charge in [0, 0.05) is 24.3 Å². The van der Waals surface area contributed by atoms with Gasteiger partial charge in [-0.05, 0) is 11.1 Å². The van der Waals surface area contributed by atoms with Crippen LogP contribution in [0.25, 0.3) is 11.1 Å². The van der Waals surface area contributed by atoms with Gasteiger partial charge in [0.2, 0.25) is 0 Å². The molecule has 2 aromatic rings. The first-order chi connectivity index (χ1) is 12.0. The minimum atomic E-state index is -1.24. The Morgan fingerprint density at radius 1 is 0.536 bits per heavy atom. The number of nitro groups is 4. The van der Waals surface area contributed by atoms with Crippen LogP contribution in [0.2, 0.25) is 0 Å². The van der Waals surface area contributed by atoms with Crippen LogP contribution in [-0.4, -0.2) is 29.9 Å². The fraction of sp³-hybridized carbons (Fsp3) is 0. The SMILES string of the molecule is O=[N+]([O-])c1cc(-c2cc([N+](=O)[O-])c(O)c([N+](=O)[O-])c2)cc([N+](=O)[O-])c1O.[NH4+].[NH4+]. The van der Waals surface area contributed by atoms with E-state index in [1.807, 2.05) is 0 Å². The van der Waals surface area contributed by atoms with Gasteiger partial charge in [-0.3, -0.25) is 40.5 Å². The first kappa shape index (κ1) is 23.6. The molecule has 0 saturated carbocycles. The van der Waals surface area contributed by atoms with Gasteiger partial charge in [0.25, 0.3) is 11.5 Å². The number of phenolic OH excluding ortho intramolecular Hbond substituents is 2. The number of phenols is 2. The van der Waals surface area contributed by atoms with E-state index in [1.165, 1.54) is 0 Å². The predicted octanol–water partition coefficient (Wildman–Crippen LogP) is 3.15. The smallest absolute Gasteiger partial charge is 0.318 e. The maximum absolute atomic E-state index is 11.0. The zero-order valence-electron chi connectivity index (χ0n) is 14.3. The van der Waals surface area contributed by atoms with Crippen molar-refractivity contribution in [2.45, 2.75) is 0 Å². The molecule has 0 atom stereocenters. The van der Waals surface area contributed by atoms with Crippen LogP contribution in [0.4, 0.5) is 22.7 Å². The Balaban J connectivity index is 0.00000364. The van der Waals surface area contributed by atoms with E-state index in [-0.39, 0.29) is 23.4 Å². The minimum absolute atomic E-state index is 0. The Hall–Kier alpha value is -4.44. The fourth-order valence-electron chi connectivity index (χ4n) is 2.10. The summed E-state index contributed by atoms with van der Waals surface area (Å²) in [6.07, 6.45) is 0. The second-order valence-electron chi connectivity index (χ2n) is 4.75. The van der Waals surface area contributed by atoms with Crippen LogP contribution in [0.15, 0.2) is 24.3 Å². The molecule has 0 saturated heterocycles. The summed E-state index contributed by atoms with van der Waals surface area (Å²) >= 11 is 0. The molecule has 0 aliphatic heterocycles. The van der Waals surface area contributed by atoms with Crippen molar-refractivity contribution in [3.05, 3.63) is 64.7 Å². The highest BCUT2D eigenvalue weighted by atomic mass is 16.6. The lowest BCUT2D eigenvalue weighted by atomic mass is 10.0. The molecule has 0 radical (unpaired) electrons. The molecule has 0 unspecified atom stereocenters. The van der Waals surface area contributed by atoms with Crippen LogP contribution in [0.3, 0.4) is 0 Å². The van der Waals surface area contributed by atoms with Gasteiger partial charge in [0.1, 0.15) is 0 Å². The molecule has 0 aliphatic carbocycles. The van der Waals surface area contributed by atoms with Crippen molar-refractivity contribution in [2.24, 2.45) is 0 Å². The summed E-state index contributed by atoms with van der Waals surface area (Å²) < 4.78 is 0. The van der Waals surface area contributed by atoms with Gasteiger partial charge >= 0.3 is 22.7 Å². The van der Waals surface area contributed by atoms with Crippen LogP contribution in [0.1, 0.15) is 0 Å². The quantitative estimate of drug-likeness (QED) is 0.418. The number of rotatable bonds is 5. The van der Waals surface area contributed by atoms with Crippen molar-refractivity contribution in [3.8, 4) is 22.6 Å². The van der Waals surface area contributed by atoms with Gasteiger partial charge in [-0.2, -0.15) is 0 Å². The van der Waals surface area contributed by atoms with Crippen molar-refractivity contribution in [2.75, 3.05) is 0 Å². The third kappa shape index (κ3) is 4.03. The van der Waals surface area contributed by atoms with Crippen LogP contribution in [-0.2, 0) is 0 Å². The molecule has 0 bridgehead atoms. The van der Waals surface area contributed by atoms with E-state index in [0.717, 1.165) is 0 Å². The molecule has 0 amide bonds. The molecular weight excluding hydrogens is 388 g/mol. The average Bonchev–Trinajstić information content (AvgIpc) is 2.54. The van der Waals surface area contributed by atoms with E-state index in [4.69, 9.17) is 0 Å². The van der Waals surface area contributed by atoms with Crippen molar-refractivity contribution < 1.29 is 29.9 Å². The first-order valence-corrected chi connectivity index (χ1v) is 6.36. The van der Waals surface area contributed by atoms with Gasteiger partial charge < -0.3 is 22.5 Å². The Morgan fingerprint density at radius 2 is 0.714 bits per heavy atom. The van der Waals surface area contributed by atoms with Crippen molar-refractivity contribution in [1.29, 1.82) is 0 Å². The Morgan fingerprint density at radius 3 is 0.857 bits per heavy atom. The molecule has 150 valence electrons. The molecule has 16 heteroatoms. The van der Waals surface area contributed by atoms with Crippen molar-refractivity contribution in [3.63, 3.8) is 0 Å². The molecule has 0 aromatic heterocycles. The lowest BCUT2D eigenvalue weighted by Gasteiger charge is -2.06. The monoisotopic (exact) mass is 402 g/mol. The minimum Gasteiger partial charge on any atom is -0.497 e. The van der Waals surface area contributed by atoms with Crippen LogP contribution < -0.4 is 12.3 Å². The summed E-state index contributed by atoms with van der Waals surface area (Å²) in [7, 11) is 0. The standard InChI is InChI=1S/C12H6N4O10.2H3N/c17-11-7(13(19)20)1-5(2-8(11)14(21)22)6-3-9(15(23)24)12(18)10(4-6)16(25)26;;/h1-4,17-18H;2*1H3/p+2. The normalized spacial score (nSPS) is 9.57. The van der Waals surface area contributed by atoms with E-state index in [1.54, 1.807) is 0 Å². The van der Waals surface area contributed by atoms with Gasteiger partial charge in [0.15, 0.2) is 0 Å². The number of quaternary nitrogens is 2. The van der Waals surface area contributed by atoms with E-state index in [0.29, 0.717) is 24.3 Å². The van der Waals surface area contributed by atoms with Crippen LogP contribution in [0.5, 0.6) is 11.5 Å². The summed E-state index contributed by atoms with van der Waals surface area (Å²) in [6.45, 7) is 0. The summed E-state index contributed by atoms with van der Waals surface area (Å²) in [5.41, 5.74) is -5.07. The number of aromatic hydroxyl groups is 2. The number of hydrogen-bond donors (Lipinski definition) is 4. The Labute approximate surface area is 153 Å². The molecule has 16 nitrogen and oxygen atoms in total. The maximum atomic E-state index is 11.0. The molecule has 0 heterocycles. The summed E-state index contributed by atoms with van der Waals surface area (Å²) in [5, 5.41) is 63.0. The number of nitrogens with zero attached hydrogens (tertiary/aromatic N) is 4. The van der Waals surface area contributed by atoms with Crippen molar-refractivity contribution in [1.82, 2.24) is 12.3 Å². The van der Waals surface area contributed by atoms with Crippen LogP contribution in [0, 0.1) is 40.5 Å². The molecule has 0 spiro atoms. The maximum Gasteiger partial charge on any atom is 0.318 e. The van der Waals surface area contributed by atoms with E-state index in [2.05, 4.69) is 0 Å².